The van der Waals surface area contributed by atoms with Crippen molar-refractivity contribution in [3.8, 4) is 22.8 Å². The van der Waals surface area contributed by atoms with Crippen LogP contribution in [-0.2, 0) is 11.3 Å². The number of benzene rings is 3. The summed E-state index contributed by atoms with van der Waals surface area (Å²) in [5.41, 5.74) is 3.73. The lowest BCUT2D eigenvalue weighted by Crippen LogP contribution is -2.24. The summed E-state index contributed by atoms with van der Waals surface area (Å²) in [6.07, 6.45) is 3.53. The van der Waals surface area contributed by atoms with E-state index in [4.69, 9.17) is 14.6 Å². The largest absolute Gasteiger partial charge is 0.493 e. The van der Waals surface area contributed by atoms with E-state index in [0.29, 0.717) is 18.0 Å². The third-order valence-electron chi connectivity index (χ3n) is 5.70. The second kappa shape index (κ2) is 10.1. The molecule has 2 heterocycles. The summed E-state index contributed by atoms with van der Waals surface area (Å²) >= 11 is 1.39. The zero-order valence-electron chi connectivity index (χ0n) is 19.4. The normalized spacial score (nSPS) is 11.0. The van der Waals surface area contributed by atoms with Gasteiger partial charge in [-0.1, -0.05) is 60.3 Å². The molecule has 3 aromatic carbocycles. The molecule has 2 aromatic heterocycles. The van der Waals surface area contributed by atoms with Crippen molar-refractivity contribution in [2.75, 3.05) is 20.0 Å². The zero-order valence-corrected chi connectivity index (χ0v) is 20.2. The maximum atomic E-state index is 12.5. The first-order chi connectivity index (χ1) is 17.2. The molecule has 0 fully saturated rings. The van der Waals surface area contributed by atoms with Gasteiger partial charge in [-0.2, -0.15) is 5.10 Å². The number of hydrogen-bond acceptors (Lipinski definition) is 6. The van der Waals surface area contributed by atoms with Crippen molar-refractivity contribution < 1.29 is 14.3 Å². The van der Waals surface area contributed by atoms with Crippen LogP contribution in [-0.4, -0.2) is 40.5 Å². The van der Waals surface area contributed by atoms with Gasteiger partial charge in [-0.3, -0.25) is 4.79 Å². The van der Waals surface area contributed by atoms with Gasteiger partial charge in [-0.25, -0.2) is 9.50 Å². The highest BCUT2D eigenvalue weighted by atomic mass is 32.2. The van der Waals surface area contributed by atoms with E-state index in [0.717, 1.165) is 32.7 Å². The summed E-state index contributed by atoms with van der Waals surface area (Å²) in [7, 11) is 3.18. The van der Waals surface area contributed by atoms with Gasteiger partial charge < -0.3 is 14.8 Å². The lowest BCUT2D eigenvalue weighted by Gasteiger charge is -2.10. The highest BCUT2D eigenvalue weighted by molar-refractivity contribution is 8.00. The van der Waals surface area contributed by atoms with Gasteiger partial charge in [0.1, 0.15) is 5.03 Å². The number of carbonyl (C=O) groups excluding carboxylic acids is 1. The summed E-state index contributed by atoms with van der Waals surface area (Å²) in [5.74, 6) is 1.45. The van der Waals surface area contributed by atoms with Crippen molar-refractivity contribution in [1.82, 2.24) is 19.9 Å². The summed E-state index contributed by atoms with van der Waals surface area (Å²) in [6.45, 7) is 0.398. The molecule has 0 aliphatic carbocycles. The van der Waals surface area contributed by atoms with E-state index in [9.17, 15) is 4.79 Å². The third-order valence-corrected chi connectivity index (χ3v) is 6.69. The van der Waals surface area contributed by atoms with Gasteiger partial charge >= 0.3 is 0 Å². The van der Waals surface area contributed by atoms with Gasteiger partial charge in [0, 0.05) is 24.5 Å². The average molecular weight is 485 g/mol. The molecule has 5 aromatic rings. The fourth-order valence-corrected chi connectivity index (χ4v) is 4.77. The zero-order chi connectivity index (χ0) is 24.2. The highest BCUT2D eigenvalue weighted by Gasteiger charge is 2.13. The van der Waals surface area contributed by atoms with Crippen LogP contribution in [0.15, 0.2) is 84.1 Å². The van der Waals surface area contributed by atoms with Crippen LogP contribution in [0.2, 0.25) is 0 Å². The van der Waals surface area contributed by atoms with E-state index < -0.39 is 0 Å². The number of fused-ring (bicyclic) bond motifs is 2. The van der Waals surface area contributed by atoms with Gasteiger partial charge in [-0.05, 0) is 34.5 Å². The van der Waals surface area contributed by atoms with Crippen LogP contribution in [0.3, 0.4) is 0 Å². The van der Waals surface area contributed by atoms with Crippen LogP contribution in [0.5, 0.6) is 11.5 Å². The maximum absolute atomic E-state index is 12.5. The molecule has 0 bridgehead atoms. The van der Waals surface area contributed by atoms with E-state index >= 15 is 0 Å². The van der Waals surface area contributed by atoms with E-state index in [1.807, 2.05) is 53.2 Å². The molecule has 8 heteroatoms. The minimum Gasteiger partial charge on any atom is -0.493 e. The number of methoxy groups -OCH3 is 2. The van der Waals surface area contributed by atoms with E-state index in [1.54, 1.807) is 20.4 Å². The summed E-state index contributed by atoms with van der Waals surface area (Å²) in [5, 5.41) is 10.8. The first kappa shape index (κ1) is 22.7. The predicted octanol–water partition coefficient (Wildman–Crippen LogP) is 4.98. The van der Waals surface area contributed by atoms with Crippen LogP contribution in [0.4, 0.5) is 0 Å². The van der Waals surface area contributed by atoms with Crippen molar-refractivity contribution in [3.05, 3.63) is 84.7 Å². The monoisotopic (exact) mass is 484 g/mol. The van der Waals surface area contributed by atoms with E-state index in [1.165, 1.54) is 17.1 Å². The van der Waals surface area contributed by atoms with Crippen molar-refractivity contribution in [3.63, 3.8) is 0 Å². The Bertz CT molecular complexity index is 1510. The molecule has 0 spiro atoms. The quantitative estimate of drug-likeness (QED) is 0.313. The Morgan fingerprint density at radius 2 is 1.83 bits per heavy atom. The summed E-state index contributed by atoms with van der Waals surface area (Å²) in [6, 6.07) is 22.1. The molecule has 7 nitrogen and oxygen atoms in total. The third kappa shape index (κ3) is 4.79. The molecule has 1 amide bonds. The van der Waals surface area contributed by atoms with Gasteiger partial charge in [0.2, 0.25) is 5.91 Å². The highest BCUT2D eigenvalue weighted by Crippen LogP contribution is 2.31. The first-order valence-corrected chi connectivity index (χ1v) is 12.1. The van der Waals surface area contributed by atoms with E-state index in [2.05, 4.69) is 34.6 Å². The molecule has 1 N–H and O–H groups in total. The number of ether oxygens (including phenoxy) is 2. The standard InChI is InChI=1S/C27H24N4O3S/c1-33-24-11-10-18(14-25(24)34-2)16-29-26(32)17-35-27-23-15-22(30-31(23)13-12-28-27)21-9-5-7-19-6-3-4-8-20(19)21/h3-15H,16-17H2,1-2H3,(H,29,32). The Kier molecular flexibility index (Phi) is 6.54. The van der Waals surface area contributed by atoms with Crippen LogP contribution in [0.25, 0.3) is 27.5 Å². The second-order valence-corrected chi connectivity index (χ2v) is 8.84. The number of nitrogens with zero attached hydrogens (tertiary/aromatic N) is 3. The topological polar surface area (TPSA) is 77.8 Å². The molecule has 176 valence electrons. The molecule has 5 rings (SSSR count). The molecule has 0 radical (unpaired) electrons. The summed E-state index contributed by atoms with van der Waals surface area (Å²) in [4.78, 5) is 17.0. The van der Waals surface area contributed by atoms with Gasteiger partial charge in [0.25, 0.3) is 0 Å². The first-order valence-electron chi connectivity index (χ1n) is 11.1. The number of hydrogen-bond donors (Lipinski definition) is 1. The molecular weight excluding hydrogens is 460 g/mol. The molecular formula is C27H24N4O3S. The van der Waals surface area contributed by atoms with Crippen LogP contribution < -0.4 is 14.8 Å². The molecule has 0 aliphatic heterocycles. The fraction of sp³-hybridized carbons (Fsp3) is 0.148. The van der Waals surface area contributed by atoms with E-state index in [-0.39, 0.29) is 11.7 Å². The Hall–Kier alpha value is -4.04. The van der Waals surface area contributed by atoms with Crippen molar-refractivity contribution in [1.29, 1.82) is 0 Å². The summed E-state index contributed by atoms with van der Waals surface area (Å²) < 4.78 is 12.4. The van der Waals surface area contributed by atoms with Gasteiger partial charge in [0.05, 0.1) is 31.2 Å². The maximum Gasteiger partial charge on any atom is 0.230 e. The van der Waals surface area contributed by atoms with Crippen molar-refractivity contribution in [2.45, 2.75) is 11.6 Å². The Balaban J connectivity index is 1.29. The average Bonchev–Trinajstić information content (AvgIpc) is 3.35. The fourth-order valence-electron chi connectivity index (χ4n) is 3.97. The molecule has 0 unspecified atom stereocenters. The lowest BCUT2D eigenvalue weighted by molar-refractivity contribution is -0.118. The Morgan fingerprint density at radius 1 is 1.00 bits per heavy atom. The molecule has 0 saturated carbocycles. The van der Waals surface area contributed by atoms with Crippen molar-refractivity contribution >= 4 is 34.0 Å². The van der Waals surface area contributed by atoms with Gasteiger partial charge in [-0.15, -0.1) is 0 Å². The number of nitrogens with one attached hydrogen (secondary N) is 1. The molecule has 35 heavy (non-hydrogen) atoms. The minimum atomic E-state index is -0.0811. The van der Waals surface area contributed by atoms with Crippen LogP contribution in [0.1, 0.15) is 5.56 Å². The SMILES string of the molecule is COc1ccc(CNC(=O)CSc2nccn3nc(-c4cccc5ccccc45)cc23)cc1OC. The van der Waals surface area contributed by atoms with Gasteiger partial charge in [0.15, 0.2) is 11.5 Å². The van der Waals surface area contributed by atoms with Crippen molar-refractivity contribution in [2.24, 2.45) is 0 Å². The van der Waals surface area contributed by atoms with Crippen LogP contribution in [0, 0.1) is 0 Å². The molecule has 0 aliphatic rings. The molecule has 0 atom stereocenters. The van der Waals surface area contributed by atoms with Crippen LogP contribution >= 0.6 is 11.8 Å². The Morgan fingerprint density at radius 3 is 2.69 bits per heavy atom. The number of carbonyl (C=O) groups is 1. The second-order valence-electron chi connectivity index (χ2n) is 7.87. The molecule has 0 saturated heterocycles. The number of amides is 1. The smallest absolute Gasteiger partial charge is 0.230 e. The Labute approximate surface area is 207 Å². The lowest BCUT2D eigenvalue weighted by atomic mass is 10.0. The number of aromatic nitrogens is 3. The minimum absolute atomic E-state index is 0.0811. The number of thioether (sulfide) groups is 1. The predicted molar refractivity (Wildman–Crippen MR) is 138 cm³/mol. The number of rotatable bonds is 8.